The highest BCUT2D eigenvalue weighted by molar-refractivity contribution is 5.94. The number of imidazole rings is 1. The molecular formula is C30H36FN7O2. The van der Waals surface area contributed by atoms with Crippen molar-refractivity contribution in [3.8, 4) is 28.4 Å². The quantitative estimate of drug-likeness (QED) is 0.339. The average molecular weight is 546 g/mol. The number of hydrogen-bond donors (Lipinski definition) is 3. The van der Waals surface area contributed by atoms with E-state index in [0.717, 1.165) is 58.6 Å². The minimum Gasteiger partial charge on any atom is -0.505 e. The van der Waals surface area contributed by atoms with Gasteiger partial charge in [0.2, 0.25) is 5.91 Å². The number of likely N-dealkylation sites (tertiary alicyclic amines) is 1. The number of hydrogen-bond acceptors (Lipinski definition) is 6. The first-order valence-corrected chi connectivity index (χ1v) is 13.9. The number of carbonyl (C=O) groups excluding carboxylic acids is 1. The Morgan fingerprint density at radius 3 is 2.70 bits per heavy atom. The summed E-state index contributed by atoms with van der Waals surface area (Å²) in [6, 6.07) is 8.49. The van der Waals surface area contributed by atoms with Crippen molar-refractivity contribution in [2.75, 3.05) is 33.7 Å². The second-order valence-corrected chi connectivity index (χ2v) is 11.5. The fraction of sp³-hybridized carbons (Fsp3) is 0.433. The van der Waals surface area contributed by atoms with Gasteiger partial charge in [-0.1, -0.05) is 19.9 Å². The van der Waals surface area contributed by atoms with Crippen molar-refractivity contribution in [1.29, 1.82) is 0 Å². The van der Waals surface area contributed by atoms with Crippen LogP contribution in [-0.4, -0.2) is 91.2 Å². The molecule has 40 heavy (non-hydrogen) atoms. The van der Waals surface area contributed by atoms with E-state index in [4.69, 9.17) is 4.98 Å². The molecule has 0 saturated carbocycles. The maximum Gasteiger partial charge on any atom is 0.240 e. The van der Waals surface area contributed by atoms with Crippen molar-refractivity contribution in [2.24, 2.45) is 0 Å². The molecule has 2 aliphatic heterocycles. The Morgan fingerprint density at radius 2 is 2.00 bits per heavy atom. The maximum atomic E-state index is 14.2. The summed E-state index contributed by atoms with van der Waals surface area (Å²) in [7, 11) is 4.13. The first kappa shape index (κ1) is 26.5. The van der Waals surface area contributed by atoms with E-state index in [-0.39, 0.29) is 23.2 Å². The number of aryl methyl sites for hydroxylation is 1. The van der Waals surface area contributed by atoms with Crippen LogP contribution >= 0.6 is 0 Å². The van der Waals surface area contributed by atoms with Crippen LogP contribution in [0.15, 0.2) is 30.3 Å². The highest BCUT2D eigenvalue weighted by atomic mass is 19.1. The van der Waals surface area contributed by atoms with E-state index in [0.29, 0.717) is 30.9 Å². The van der Waals surface area contributed by atoms with E-state index < -0.39 is 5.82 Å². The van der Waals surface area contributed by atoms with Gasteiger partial charge in [-0.05, 0) is 74.9 Å². The predicted molar refractivity (Wildman–Crippen MR) is 152 cm³/mol. The zero-order valence-electron chi connectivity index (χ0n) is 23.7. The third-order valence-corrected chi connectivity index (χ3v) is 8.85. The molecule has 1 atom stereocenters. The molecule has 0 spiro atoms. The van der Waals surface area contributed by atoms with Gasteiger partial charge in [0.25, 0.3) is 0 Å². The van der Waals surface area contributed by atoms with Gasteiger partial charge in [0.1, 0.15) is 5.69 Å². The third-order valence-electron chi connectivity index (χ3n) is 8.85. The summed E-state index contributed by atoms with van der Waals surface area (Å²) in [5.41, 5.74) is 5.92. The highest BCUT2D eigenvalue weighted by Gasteiger charge is 2.46. The Hall–Kier alpha value is -3.76. The molecule has 0 radical (unpaired) electrons. The first-order valence-electron chi connectivity index (χ1n) is 13.9. The number of aromatic amines is 2. The Labute approximate surface area is 233 Å². The number of likely N-dealkylation sites (N-methyl/N-ethyl adjacent to an activating group) is 2. The van der Waals surface area contributed by atoms with Gasteiger partial charge in [-0.2, -0.15) is 5.10 Å². The lowest BCUT2D eigenvalue weighted by Gasteiger charge is -2.53. The fourth-order valence-corrected chi connectivity index (χ4v) is 6.02. The number of benzene rings is 2. The number of fused-ring (bicyclic) bond motifs is 2. The molecule has 210 valence electrons. The van der Waals surface area contributed by atoms with Crippen LogP contribution in [0.25, 0.3) is 33.5 Å². The zero-order chi connectivity index (χ0) is 28.3. The molecule has 1 amide bonds. The summed E-state index contributed by atoms with van der Waals surface area (Å²) in [5, 5.41) is 18.4. The summed E-state index contributed by atoms with van der Waals surface area (Å²) in [6.45, 7) is 9.14. The van der Waals surface area contributed by atoms with E-state index in [1.165, 1.54) is 12.1 Å². The fourth-order valence-electron chi connectivity index (χ4n) is 6.02. The Kier molecular flexibility index (Phi) is 6.42. The number of nitrogens with one attached hydrogen (secondary N) is 2. The van der Waals surface area contributed by atoms with E-state index in [1.54, 1.807) is 0 Å². The van der Waals surface area contributed by atoms with E-state index in [9.17, 15) is 14.3 Å². The molecule has 0 aliphatic carbocycles. The molecule has 6 rings (SSSR count). The third kappa shape index (κ3) is 4.26. The lowest BCUT2D eigenvalue weighted by molar-refractivity contribution is -0.150. The summed E-state index contributed by atoms with van der Waals surface area (Å²) < 4.78 is 14.2. The lowest BCUT2D eigenvalue weighted by Crippen LogP contribution is -2.70. The second-order valence-electron chi connectivity index (χ2n) is 11.5. The number of phenolic OH excluding ortho intramolecular Hbond substituents is 1. The second kappa shape index (κ2) is 9.71. The lowest BCUT2D eigenvalue weighted by atomic mass is 9.89. The van der Waals surface area contributed by atoms with E-state index in [2.05, 4.69) is 52.9 Å². The van der Waals surface area contributed by atoms with Crippen molar-refractivity contribution < 1.29 is 14.3 Å². The molecule has 1 unspecified atom stereocenters. The topological polar surface area (TPSA) is 104 Å². The molecule has 1 saturated heterocycles. The maximum absolute atomic E-state index is 14.2. The number of nitrogens with zero attached hydrogens (tertiary/aromatic N) is 5. The van der Waals surface area contributed by atoms with Crippen LogP contribution < -0.4 is 0 Å². The number of phenols is 1. The van der Waals surface area contributed by atoms with Crippen molar-refractivity contribution in [3.05, 3.63) is 53.1 Å². The van der Waals surface area contributed by atoms with Crippen LogP contribution in [0.3, 0.4) is 0 Å². The number of aromatic hydroxyl groups is 1. The van der Waals surface area contributed by atoms with Crippen LogP contribution in [-0.2, 0) is 24.2 Å². The van der Waals surface area contributed by atoms with Gasteiger partial charge in [0.05, 0.1) is 28.5 Å². The van der Waals surface area contributed by atoms with E-state index in [1.807, 2.05) is 30.0 Å². The SMILES string of the molecule is CCc1cc(O)c(F)cc1-c1ccc2c(-c3nc4c([nH]3)CN(CC)C(C(=O)N3CC(C)(N(C)C)C3)C4)n[nH]c2c1. The zero-order valence-corrected chi connectivity index (χ0v) is 23.7. The van der Waals surface area contributed by atoms with Gasteiger partial charge in [-0.15, -0.1) is 0 Å². The molecule has 4 heterocycles. The Balaban J connectivity index is 1.27. The number of amides is 1. The van der Waals surface area contributed by atoms with Gasteiger partial charge in [-0.25, -0.2) is 9.37 Å². The Bertz CT molecular complexity index is 1600. The molecule has 10 heteroatoms. The van der Waals surface area contributed by atoms with Crippen molar-refractivity contribution in [2.45, 2.75) is 51.7 Å². The summed E-state index contributed by atoms with van der Waals surface area (Å²) in [6.07, 6.45) is 1.23. The van der Waals surface area contributed by atoms with Crippen LogP contribution in [0.5, 0.6) is 5.75 Å². The molecule has 3 N–H and O–H groups in total. The standard InChI is InChI=1S/C30H36FN7O2/c1-6-17-11-26(39)21(31)12-20(17)18-8-9-19-22(10-18)34-35-27(19)28-32-23-13-25(37(7-2)14-24(23)33-28)29(40)38-15-30(3,16-38)36(4)5/h8-12,25,39H,6-7,13-16H2,1-5H3,(H,32,33)(H,34,35). The van der Waals surface area contributed by atoms with E-state index >= 15 is 0 Å². The molecule has 9 nitrogen and oxygen atoms in total. The Morgan fingerprint density at radius 1 is 1.23 bits per heavy atom. The molecular weight excluding hydrogens is 509 g/mol. The normalized spacial score (nSPS) is 18.8. The molecule has 2 aromatic heterocycles. The molecule has 2 aromatic carbocycles. The number of aromatic nitrogens is 4. The summed E-state index contributed by atoms with van der Waals surface area (Å²) in [4.78, 5) is 28.2. The van der Waals surface area contributed by atoms with Crippen molar-refractivity contribution in [1.82, 2.24) is 34.9 Å². The largest absolute Gasteiger partial charge is 0.505 e. The van der Waals surface area contributed by atoms with Crippen LogP contribution in [0.4, 0.5) is 4.39 Å². The van der Waals surface area contributed by atoms with Gasteiger partial charge >= 0.3 is 0 Å². The average Bonchev–Trinajstić information content (AvgIpc) is 3.54. The van der Waals surface area contributed by atoms with Crippen LogP contribution in [0, 0.1) is 5.82 Å². The molecule has 0 bridgehead atoms. The molecule has 2 aliphatic rings. The van der Waals surface area contributed by atoms with Crippen LogP contribution in [0.1, 0.15) is 37.7 Å². The van der Waals surface area contributed by atoms with Gasteiger partial charge < -0.3 is 19.9 Å². The van der Waals surface area contributed by atoms with Gasteiger partial charge in [0.15, 0.2) is 17.4 Å². The first-order chi connectivity index (χ1) is 19.1. The summed E-state index contributed by atoms with van der Waals surface area (Å²) >= 11 is 0. The molecule has 1 fully saturated rings. The van der Waals surface area contributed by atoms with Crippen LogP contribution in [0.2, 0.25) is 0 Å². The van der Waals surface area contributed by atoms with Crippen molar-refractivity contribution in [3.63, 3.8) is 0 Å². The number of rotatable bonds is 6. The monoisotopic (exact) mass is 545 g/mol. The van der Waals surface area contributed by atoms with Gasteiger partial charge in [-0.3, -0.25) is 14.8 Å². The highest BCUT2D eigenvalue weighted by Crippen LogP contribution is 2.35. The summed E-state index contributed by atoms with van der Waals surface area (Å²) in [5.74, 6) is -0.138. The number of H-pyrrole nitrogens is 2. The minimum absolute atomic E-state index is 0.0292. The molecule has 4 aromatic rings. The number of carbonyl (C=O) groups is 1. The smallest absolute Gasteiger partial charge is 0.240 e. The van der Waals surface area contributed by atoms with Gasteiger partial charge in [0, 0.05) is 31.4 Å². The number of halogens is 1. The predicted octanol–water partition coefficient (Wildman–Crippen LogP) is 3.94. The minimum atomic E-state index is -0.641. The van der Waals surface area contributed by atoms with Crippen molar-refractivity contribution >= 4 is 16.8 Å².